The highest BCUT2D eigenvalue weighted by Crippen LogP contribution is 2.34. The fraction of sp³-hybridized carbons (Fsp3) is 0.235. The summed E-state index contributed by atoms with van der Waals surface area (Å²) < 4.78 is 9.97. The molecule has 24 heavy (non-hydrogen) atoms. The molecule has 126 valence electrons. The summed E-state index contributed by atoms with van der Waals surface area (Å²) in [6.45, 7) is 5.43. The molecule has 0 N–H and O–H groups in total. The van der Waals surface area contributed by atoms with Crippen LogP contribution in [0.2, 0.25) is 0 Å². The largest absolute Gasteiger partial charge is 0.490 e. The second-order valence-corrected chi connectivity index (χ2v) is 5.91. The minimum atomic E-state index is -0.955. The van der Waals surface area contributed by atoms with Crippen LogP contribution in [0.5, 0.6) is 5.75 Å². The molecule has 1 heterocycles. The number of thioether (sulfide) groups is 1. The smallest absolute Gasteiger partial charge is 0.328 e. The number of imide groups is 1. The van der Waals surface area contributed by atoms with Crippen LogP contribution in [0.1, 0.15) is 12.5 Å². The topological polar surface area (TPSA) is 72.9 Å². The maximum absolute atomic E-state index is 12.4. The van der Waals surface area contributed by atoms with E-state index in [0.29, 0.717) is 12.4 Å². The highest BCUT2D eigenvalue weighted by molar-refractivity contribution is 8.18. The number of esters is 1. The van der Waals surface area contributed by atoms with Gasteiger partial charge in [0.25, 0.3) is 11.1 Å². The monoisotopic (exact) mass is 347 g/mol. The Labute approximate surface area is 144 Å². The van der Waals surface area contributed by atoms with Crippen LogP contribution in [0.25, 0.3) is 6.08 Å². The number of hydrogen-bond donors (Lipinski definition) is 0. The number of hydrogen-bond acceptors (Lipinski definition) is 6. The van der Waals surface area contributed by atoms with Crippen LogP contribution in [0.3, 0.4) is 0 Å². The molecule has 0 bridgehead atoms. The minimum Gasteiger partial charge on any atom is -0.490 e. The lowest BCUT2D eigenvalue weighted by Gasteiger charge is -2.18. The average molecular weight is 347 g/mol. The van der Waals surface area contributed by atoms with E-state index in [1.807, 2.05) is 0 Å². The summed E-state index contributed by atoms with van der Waals surface area (Å²) in [5.74, 6) is -0.461. The Hall–Kier alpha value is -2.54. The Bertz CT molecular complexity index is 695. The second-order valence-electron chi connectivity index (χ2n) is 4.92. The van der Waals surface area contributed by atoms with Gasteiger partial charge < -0.3 is 9.47 Å². The molecule has 6 nitrogen and oxygen atoms in total. The Balaban J connectivity index is 2.16. The molecule has 1 unspecified atom stereocenters. The predicted molar refractivity (Wildman–Crippen MR) is 91.4 cm³/mol. The number of ether oxygens (including phenoxy) is 2. The number of rotatable bonds is 6. The van der Waals surface area contributed by atoms with Gasteiger partial charge in [-0.05, 0) is 42.5 Å². The molecule has 1 atom stereocenters. The van der Waals surface area contributed by atoms with Crippen LogP contribution in [0.15, 0.2) is 41.8 Å². The van der Waals surface area contributed by atoms with Gasteiger partial charge in [0.15, 0.2) is 0 Å². The maximum atomic E-state index is 12.4. The van der Waals surface area contributed by atoms with Gasteiger partial charge in [0.2, 0.25) is 0 Å². The van der Waals surface area contributed by atoms with Crippen molar-refractivity contribution in [1.29, 1.82) is 0 Å². The van der Waals surface area contributed by atoms with Crippen molar-refractivity contribution < 1.29 is 23.9 Å². The van der Waals surface area contributed by atoms with Gasteiger partial charge in [-0.15, -0.1) is 0 Å². The highest BCUT2D eigenvalue weighted by Gasteiger charge is 2.41. The van der Waals surface area contributed by atoms with Crippen LogP contribution >= 0.6 is 11.8 Å². The van der Waals surface area contributed by atoms with Gasteiger partial charge in [-0.3, -0.25) is 14.5 Å². The third-order valence-corrected chi connectivity index (χ3v) is 4.18. The van der Waals surface area contributed by atoms with E-state index in [0.717, 1.165) is 22.2 Å². The van der Waals surface area contributed by atoms with E-state index in [1.165, 1.54) is 14.0 Å². The molecule has 0 aliphatic carbocycles. The lowest BCUT2D eigenvalue weighted by Crippen LogP contribution is -2.42. The maximum Gasteiger partial charge on any atom is 0.328 e. The van der Waals surface area contributed by atoms with Gasteiger partial charge in [-0.2, -0.15) is 0 Å². The number of benzene rings is 1. The van der Waals surface area contributed by atoms with E-state index in [9.17, 15) is 14.4 Å². The van der Waals surface area contributed by atoms with Crippen molar-refractivity contribution in [1.82, 2.24) is 4.90 Å². The molecule has 0 aromatic heterocycles. The zero-order valence-corrected chi connectivity index (χ0v) is 14.2. The summed E-state index contributed by atoms with van der Waals surface area (Å²) in [6.07, 6.45) is 3.25. The van der Waals surface area contributed by atoms with E-state index in [-0.39, 0.29) is 4.91 Å². The molecular weight excluding hydrogens is 330 g/mol. The summed E-state index contributed by atoms with van der Waals surface area (Å²) >= 11 is 0.797. The fourth-order valence-corrected chi connectivity index (χ4v) is 2.96. The van der Waals surface area contributed by atoms with E-state index < -0.39 is 23.2 Å². The molecule has 2 amide bonds. The summed E-state index contributed by atoms with van der Waals surface area (Å²) in [6, 6.07) is 6.11. The lowest BCUT2D eigenvalue weighted by atomic mass is 10.2. The summed E-state index contributed by atoms with van der Waals surface area (Å²) in [4.78, 5) is 37.1. The highest BCUT2D eigenvalue weighted by atomic mass is 32.2. The van der Waals surface area contributed by atoms with E-state index in [2.05, 4.69) is 11.3 Å². The first-order valence-electron chi connectivity index (χ1n) is 7.16. The first-order valence-corrected chi connectivity index (χ1v) is 7.98. The lowest BCUT2D eigenvalue weighted by molar-refractivity contribution is -0.148. The molecule has 0 spiro atoms. The third-order valence-electron chi connectivity index (χ3n) is 3.30. The molecule has 1 fully saturated rings. The van der Waals surface area contributed by atoms with Gasteiger partial charge in [-0.25, -0.2) is 4.79 Å². The average Bonchev–Trinajstić information content (AvgIpc) is 2.86. The number of amides is 2. The van der Waals surface area contributed by atoms with Crippen molar-refractivity contribution in [2.75, 3.05) is 13.7 Å². The second kappa shape index (κ2) is 7.83. The molecule has 1 saturated heterocycles. The summed E-state index contributed by atoms with van der Waals surface area (Å²) in [7, 11) is 1.21. The van der Waals surface area contributed by atoms with Crippen LogP contribution in [0, 0.1) is 0 Å². The van der Waals surface area contributed by atoms with Crippen LogP contribution in [-0.2, 0) is 14.3 Å². The zero-order valence-electron chi connectivity index (χ0n) is 13.4. The normalized spacial score (nSPS) is 17.1. The first kappa shape index (κ1) is 17.8. The molecule has 1 aliphatic heterocycles. The number of carbonyl (C=O) groups is 3. The fourth-order valence-electron chi connectivity index (χ4n) is 2.06. The van der Waals surface area contributed by atoms with Crippen LogP contribution in [-0.4, -0.2) is 41.8 Å². The Morgan fingerprint density at radius 2 is 2.00 bits per heavy atom. The van der Waals surface area contributed by atoms with Gasteiger partial charge in [0.05, 0.1) is 12.0 Å². The predicted octanol–water partition coefficient (Wildman–Crippen LogP) is 2.85. The first-order chi connectivity index (χ1) is 11.5. The Morgan fingerprint density at radius 1 is 1.33 bits per heavy atom. The molecule has 1 aromatic rings. The van der Waals surface area contributed by atoms with Crippen molar-refractivity contribution >= 4 is 35.0 Å². The molecule has 0 radical (unpaired) electrons. The van der Waals surface area contributed by atoms with Crippen molar-refractivity contribution in [3.8, 4) is 5.75 Å². The van der Waals surface area contributed by atoms with E-state index in [1.54, 1.807) is 36.4 Å². The van der Waals surface area contributed by atoms with Gasteiger partial charge in [-0.1, -0.05) is 24.8 Å². The molecule has 1 aliphatic rings. The molecule has 1 aromatic carbocycles. The van der Waals surface area contributed by atoms with Crippen LogP contribution < -0.4 is 4.74 Å². The van der Waals surface area contributed by atoms with Gasteiger partial charge in [0.1, 0.15) is 18.4 Å². The van der Waals surface area contributed by atoms with Crippen molar-refractivity contribution in [3.05, 3.63) is 47.4 Å². The van der Waals surface area contributed by atoms with Gasteiger partial charge in [0, 0.05) is 0 Å². The van der Waals surface area contributed by atoms with E-state index in [4.69, 9.17) is 4.74 Å². The van der Waals surface area contributed by atoms with E-state index >= 15 is 0 Å². The SMILES string of the molecule is C=CCOc1ccc(/C=C2/SC(=O)N(C(C)C(=O)OC)C2=O)cc1. The van der Waals surface area contributed by atoms with Crippen LogP contribution in [0.4, 0.5) is 4.79 Å². The number of methoxy groups -OCH3 is 1. The standard InChI is InChI=1S/C17H17NO5S/c1-4-9-23-13-7-5-12(6-8-13)10-14-15(19)18(17(21)24-14)11(2)16(20)22-3/h4-8,10-11H,1,9H2,2-3H3/b14-10+. The van der Waals surface area contributed by atoms with Crippen molar-refractivity contribution in [2.45, 2.75) is 13.0 Å². The molecule has 0 saturated carbocycles. The molecular formula is C17H17NO5S. The summed E-state index contributed by atoms with van der Waals surface area (Å²) in [5, 5.41) is -0.491. The number of carbonyl (C=O) groups excluding carboxylic acids is 3. The summed E-state index contributed by atoms with van der Waals surface area (Å²) in [5.41, 5.74) is 0.747. The quantitative estimate of drug-likeness (QED) is 0.448. The molecule has 7 heteroatoms. The zero-order chi connectivity index (χ0) is 17.7. The third kappa shape index (κ3) is 3.86. The van der Waals surface area contributed by atoms with Gasteiger partial charge >= 0.3 is 5.97 Å². The number of nitrogens with zero attached hydrogens (tertiary/aromatic N) is 1. The van der Waals surface area contributed by atoms with Crippen molar-refractivity contribution in [3.63, 3.8) is 0 Å². The Morgan fingerprint density at radius 3 is 2.58 bits per heavy atom. The van der Waals surface area contributed by atoms with Crippen molar-refractivity contribution in [2.24, 2.45) is 0 Å². The molecule has 2 rings (SSSR count). The Kier molecular flexibility index (Phi) is 5.81. The minimum absolute atomic E-state index is 0.260.